The molecule has 0 N–H and O–H groups in total. The van der Waals surface area contributed by atoms with Crippen molar-refractivity contribution < 1.29 is 52.8 Å². The number of ether oxygens (including phenoxy) is 2. The highest BCUT2D eigenvalue weighted by molar-refractivity contribution is 7.91. The molecule has 0 aliphatic rings. The van der Waals surface area contributed by atoms with E-state index in [2.05, 4.69) is 4.18 Å². The first-order chi connectivity index (χ1) is 16.2. The second kappa shape index (κ2) is 9.54. The highest BCUT2D eigenvalue weighted by Crippen LogP contribution is 2.35. The molecule has 0 saturated carbocycles. The largest absolute Gasteiger partial charge is 0.534 e. The molecule has 0 amide bonds. The van der Waals surface area contributed by atoms with Gasteiger partial charge < -0.3 is 13.7 Å². The topological polar surface area (TPSA) is 113 Å². The van der Waals surface area contributed by atoms with Crippen molar-refractivity contribution in [3.63, 3.8) is 0 Å². The van der Waals surface area contributed by atoms with Crippen LogP contribution in [0.1, 0.15) is 6.92 Å². The summed E-state index contributed by atoms with van der Waals surface area (Å²) in [4.78, 5) is 10.7. The summed E-state index contributed by atoms with van der Waals surface area (Å²) in [5, 5.41) is 0. The summed E-state index contributed by atoms with van der Waals surface area (Å²) >= 11 is 0. The summed E-state index contributed by atoms with van der Waals surface area (Å²) in [6.07, 6.45) is 0. The minimum atomic E-state index is -6.08. The van der Waals surface area contributed by atoms with Crippen molar-refractivity contribution in [1.82, 2.24) is 0 Å². The molecule has 0 unspecified atom stereocenters. The van der Waals surface area contributed by atoms with E-state index in [9.17, 15) is 39.2 Å². The van der Waals surface area contributed by atoms with Crippen molar-refractivity contribution in [1.29, 1.82) is 0 Å². The standard InChI is InChI=1S/C21H14F4O8S2/c1-13(26)31-14-9-15(11-16(10-14)33-35(29,30)21(23,24)25)32-20-8-7-18(12-19(20)22)34(27,28)17-5-3-2-4-6-17/h2-12H,1H3. The van der Waals surface area contributed by atoms with Gasteiger partial charge in [-0.2, -0.15) is 21.6 Å². The highest BCUT2D eigenvalue weighted by atomic mass is 32.2. The fourth-order valence-electron chi connectivity index (χ4n) is 2.65. The van der Waals surface area contributed by atoms with E-state index in [-0.39, 0.29) is 4.90 Å². The van der Waals surface area contributed by atoms with Gasteiger partial charge in [0, 0.05) is 25.1 Å². The predicted molar refractivity (Wildman–Crippen MR) is 112 cm³/mol. The Labute approximate surface area is 196 Å². The fourth-order valence-corrected chi connectivity index (χ4v) is 4.38. The van der Waals surface area contributed by atoms with Crippen LogP contribution in [0.2, 0.25) is 0 Å². The highest BCUT2D eigenvalue weighted by Gasteiger charge is 2.48. The van der Waals surface area contributed by atoms with Crippen LogP contribution in [0.5, 0.6) is 23.0 Å². The second-order valence-corrected chi connectivity index (χ2v) is 10.2. The molecule has 35 heavy (non-hydrogen) atoms. The average Bonchev–Trinajstić information content (AvgIpc) is 2.74. The van der Waals surface area contributed by atoms with Crippen LogP contribution >= 0.6 is 0 Å². The Morgan fingerprint density at radius 3 is 1.97 bits per heavy atom. The molecule has 0 spiro atoms. The average molecular weight is 534 g/mol. The molecule has 8 nitrogen and oxygen atoms in total. The van der Waals surface area contributed by atoms with Crippen molar-refractivity contribution in [3.05, 3.63) is 72.5 Å². The lowest BCUT2D eigenvalue weighted by molar-refractivity contribution is -0.131. The SMILES string of the molecule is CC(=O)Oc1cc(Oc2ccc(S(=O)(=O)c3ccccc3)cc2F)cc(OS(=O)(=O)C(F)(F)F)c1. The third kappa shape index (κ3) is 6.08. The first-order valence-corrected chi connectivity index (χ1v) is 12.2. The monoisotopic (exact) mass is 534 g/mol. The van der Waals surface area contributed by atoms with E-state index in [0.29, 0.717) is 18.2 Å². The van der Waals surface area contributed by atoms with E-state index < -0.39 is 65.1 Å². The molecule has 3 rings (SSSR count). The summed E-state index contributed by atoms with van der Waals surface area (Å²) in [5.74, 6) is -4.53. The molecular weight excluding hydrogens is 520 g/mol. The van der Waals surface area contributed by atoms with Gasteiger partial charge in [-0.25, -0.2) is 12.8 Å². The Morgan fingerprint density at radius 2 is 1.40 bits per heavy atom. The number of carbonyl (C=O) groups is 1. The third-order valence-electron chi connectivity index (χ3n) is 4.10. The van der Waals surface area contributed by atoms with Gasteiger partial charge in [-0.15, -0.1) is 0 Å². The van der Waals surface area contributed by atoms with Crippen LogP contribution in [0, 0.1) is 5.82 Å². The number of hydrogen-bond acceptors (Lipinski definition) is 8. The Balaban J connectivity index is 1.96. The summed E-state index contributed by atoms with van der Waals surface area (Å²) in [5.41, 5.74) is -5.75. The van der Waals surface area contributed by atoms with Crippen molar-refractivity contribution in [2.75, 3.05) is 0 Å². The third-order valence-corrected chi connectivity index (χ3v) is 6.85. The Morgan fingerprint density at radius 1 is 0.800 bits per heavy atom. The summed E-state index contributed by atoms with van der Waals surface area (Å²) < 4.78 is 115. The zero-order valence-corrected chi connectivity index (χ0v) is 19.1. The van der Waals surface area contributed by atoms with Crippen molar-refractivity contribution in [2.24, 2.45) is 0 Å². The van der Waals surface area contributed by atoms with Crippen LogP contribution < -0.4 is 13.7 Å². The van der Waals surface area contributed by atoms with Crippen LogP contribution in [-0.4, -0.2) is 28.3 Å². The maximum Gasteiger partial charge on any atom is 0.534 e. The van der Waals surface area contributed by atoms with Crippen LogP contribution in [-0.2, 0) is 24.7 Å². The molecule has 0 radical (unpaired) electrons. The molecule has 3 aromatic rings. The molecule has 0 aliphatic carbocycles. The molecule has 3 aromatic carbocycles. The van der Waals surface area contributed by atoms with E-state index in [4.69, 9.17) is 9.47 Å². The molecule has 14 heteroatoms. The number of carbonyl (C=O) groups excluding carboxylic acids is 1. The number of sulfone groups is 1. The predicted octanol–water partition coefficient (Wildman–Crippen LogP) is 4.60. The first-order valence-electron chi connectivity index (χ1n) is 9.31. The first kappa shape index (κ1) is 26.0. The number of halogens is 4. The van der Waals surface area contributed by atoms with Crippen molar-refractivity contribution in [3.8, 4) is 23.0 Å². The van der Waals surface area contributed by atoms with Gasteiger partial charge in [-0.3, -0.25) is 4.79 Å². The molecule has 0 aliphatic heterocycles. The van der Waals surface area contributed by atoms with E-state index in [1.807, 2.05) is 0 Å². The maximum atomic E-state index is 14.7. The Hall–Kier alpha value is -3.65. The number of esters is 1. The van der Waals surface area contributed by atoms with Gasteiger partial charge in [0.05, 0.1) is 9.79 Å². The lowest BCUT2D eigenvalue weighted by Crippen LogP contribution is -2.28. The summed E-state index contributed by atoms with van der Waals surface area (Å²) in [6, 6.07) is 12.1. The maximum absolute atomic E-state index is 14.7. The van der Waals surface area contributed by atoms with Crippen LogP contribution in [0.25, 0.3) is 0 Å². The van der Waals surface area contributed by atoms with Crippen molar-refractivity contribution in [2.45, 2.75) is 22.2 Å². The Kier molecular flexibility index (Phi) is 7.08. The van der Waals surface area contributed by atoms with Gasteiger partial charge in [0.1, 0.15) is 17.2 Å². The van der Waals surface area contributed by atoms with Crippen LogP contribution in [0.3, 0.4) is 0 Å². The number of rotatable bonds is 7. The molecule has 0 saturated heterocycles. The minimum Gasteiger partial charge on any atom is -0.454 e. The zero-order valence-electron chi connectivity index (χ0n) is 17.4. The smallest absolute Gasteiger partial charge is 0.454 e. The van der Waals surface area contributed by atoms with E-state index in [1.54, 1.807) is 6.07 Å². The normalized spacial score (nSPS) is 12.1. The van der Waals surface area contributed by atoms with Crippen LogP contribution in [0.4, 0.5) is 17.6 Å². The number of hydrogen-bond donors (Lipinski definition) is 0. The van der Waals surface area contributed by atoms with E-state index >= 15 is 0 Å². The van der Waals surface area contributed by atoms with E-state index in [0.717, 1.165) is 25.1 Å². The molecule has 186 valence electrons. The van der Waals surface area contributed by atoms with Gasteiger partial charge in [0.2, 0.25) is 9.84 Å². The van der Waals surface area contributed by atoms with Gasteiger partial charge in [0.15, 0.2) is 11.6 Å². The van der Waals surface area contributed by atoms with E-state index in [1.165, 1.54) is 24.3 Å². The molecule has 0 atom stereocenters. The number of alkyl halides is 3. The fraction of sp³-hybridized carbons (Fsp3) is 0.0952. The Bertz CT molecular complexity index is 1470. The number of benzene rings is 3. The second-order valence-electron chi connectivity index (χ2n) is 6.73. The lowest BCUT2D eigenvalue weighted by Gasteiger charge is -2.13. The summed E-state index contributed by atoms with van der Waals surface area (Å²) in [6.45, 7) is 0.964. The lowest BCUT2D eigenvalue weighted by atomic mass is 10.3. The molecule has 0 heterocycles. The summed E-state index contributed by atoms with van der Waals surface area (Å²) in [7, 11) is -10.1. The molecule has 0 bridgehead atoms. The van der Waals surface area contributed by atoms with Gasteiger partial charge >= 0.3 is 21.6 Å². The molecule has 0 aromatic heterocycles. The molecular formula is C21H14F4O8S2. The van der Waals surface area contributed by atoms with Gasteiger partial charge in [0.25, 0.3) is 0 Å². The zero-order chi connectivity index (χ0) is 26.0. The van der Waals surface area contributed by atoms with Crippen LogP contribution in [0.15, 0.2) is 76.5 Å². The quantitative estimate of drug-likeness (QED) is 0.142. The van der Waals surface area contributed by atoms with Gasteiger partial charge in [-0.1, -0.05) is 18.2 Å². The van der Waals surface area contributed by atoms with Gasteiger partial charge in [-0.05, 0) is 30.3 Å². The minimum absolute atomic E-state index is 0.0881. The molecule has 0 fully saturated rings. The van der Waals surface area contributed by atoms with Crippen molar-refractivity contribution >= 4 is 25.9 Å².